The summed E-state index contributed by atoms with van der Waals surface area (Å²) in [5.41, 5.74) is 0. The fourth-order valence-corrected chi connectivity index (χ4v) is 2.35. The normalized spacial score (nSPS) is 10.0. The molecule has 2 rings (SSSR count). The highest BCUT2D eigenvalue weighted by Gasteiger charge is 1.95. The van der Waals surface area contributed by atoms with Gasteiger partial charge in [0.2, 0.25) is 0 Å². The minimum Gasteiger partial charge on any atom is -0.349 e. The Morgan fingerprint density at radius 3 is 1.86 bits per heavy atom. The second-order valence-electron chi connectivity index (χ2n) is 5.64. The molecule has 3 heteroatoms. The molecule has 0 aliphatic heterocycles. The van der Waals surface area contributed by atoms with Crippen LogP contribution in [0.15, 0.2) is 43.0 Å². The summed E-state index contributed by atoms with van der Waals surface area (Å²) in [4.78, 5) is 11.2. The quantitative estimate of drug-likeness (QED) is 0.583. The van der Waals surface area contributed by atoms with Crippen LogP contribution in [0.2, 0.25) is 0 Å². The Bertz CT molecular complexity index is 385. The third-order valence-electron chi connectivity index (χ3n) is 3.64. The third kappa shape index (κ3) is 11.1. The number of aryl methyl sites for hydroxylation is 1. The van der Waals surface area contributed by atoms with Gasteiger partial charge in [0, 0.05) is 31.2 Å². The number of hydrogen-bond donors (Lipinski definition) is 1. The molecule has 2 aromatic rings. The summed E-state index contributed by atoms with van der Waals surface area (Å²) in [5.74, 6) is 1.14. The van der Waals surface area contributed by atoms with Gasteiger partial charge in [0.15, 0.2) is 0 Å². The van der Waals surface area contributed by atoms with Gasteiger partial charge in [-0.1, -0.05) is 64.4 Å². The average Bonchev–Trinajstić information content (AvgIpc) is 3.09. The van der Waals surface area contributed by atoms with Gasteiger partial charge in [-0.15, -0.1) is 0 Å². The van der Waals surface area contributed by atoms with E-state index in [2.05, 4.69) is 21.9 Å². The number of H-pyrrole nitrogens is 1. The number of hydrogen-bond acceptors (Lipinski definition) is 2. The van der Waals surface area contributed by atoms with Gasteiger partial charge in [0.1, 0.15) is 5.82 Å². The highest BCUT2D eigenvalue weighted by molar-refractivity contribution is 4.88. The lowest BCUT2D eigenvalue weighted by Crippen LogP contribution is -1.88. The van der Waals surface area contributed by atoms with E-state index in [9.17, 15) is 0 Å². The molecule has 3 nitrogen and oxygen atoms in total. The predicted octanol–water partition coefficient (Wildman–Crippen LogP) is 5.56. The molecule has 0 aromatic carbocycles. The van der Waals surface area contributed by atoms with Crippen molar-refractivity contribution in [2.24, 2.45) is 0 Å². The summed E-state index contributed by atoms with van der Waals surface area (Å²) in [7, 11) is 0. The number of aromatic nitrogens is 3. The predicted molar refractivity (Wildman–Crippen MR) is 93.8 cm³/mol. The van der Waals surface area contributed by atoms with Crippen molar-refractivity contribution in [3.05, 3.63) is 48.8 Å². The second-order valence-corrected chi connectivity index (χ2v) is 5.64. The Morgan fingerprint density at radius 2 is 1.41 bits per heavy atom. The molecule has 122 valence electrons. The molecule has 0 unspecified atom stereocenters. The molecule has 0 aliphatic rings. The fraction of sp³-hybridized carbons (Fsp3) is 0.579. The standard InChI is InChI=1S/C14H26N2.C5H5N/c1-2-3-4-5-6-7-8-9-10-11-14-15-12-13-16-14;1-2-4-6-5-3-1/h12-13H,2-11H2,1H3,(H,15,16);1-5H. The molecule has 0 saturated heterocycles. The largest absolute Gasteiger partial charge is 0.349 e. The Hall–Kier alpha value is -1.64. The van der Waals surface area contributed by atoms with E-state index in [1.165, 1.54) is 57.8 Å². The van der Waals surface area contributed by atoms with E-state index in [1.54, 1.807) is 12.4 Å². The van der Waals surface area contributed by atoms with Crippen LogP contribution in [0.1, 0.15) is 70.5 Å². The molecule has 0 spiro atoms. The summed E-state index contributed by atoms with van der Waals surface area (Å²) in [6.07, 6.45) is 20.9. The molecule has 0 saturated carbocycles. The van der Waals surface area contributed by atoms with E-state index in [0.717, 1.165) is 12.2 Å². The van der Waals surface area contributed by atoms with Crippen molar-refractivity contribution in [3.63, 3.8) is 0 Å². The third-order valence-corrected chi connectivity index (χ3v) is 3.64. The van der Waals surface area contributed by atoms with Crippen LogP contribution < -0.4 is 0 Å². The van der Waals surface area contributed by atoms with Crippen LogP contribution >= 0.6 is 0 Å². The van der Waals surface area contributed by atoms with Gasteiger partial charge in [0.25, 0.3) is 0 Å². The summed E-state index contributed by atoms with van der Waals surface area (Å²) in [6, 6.07) is 5.72. The summed E-state index contributed by atoms with van der Waals surface area (Å²) >= 11 is 0. The molecule has 1 N–H and O–H groups in total. The van der Waals surface area contributed by atoms with Crippen LogP contribution in [0.4, 0.5) is 0 Å². The van der Waals surface area contributed by atoms with Gasteiger partial charge in [-0.05, 0) is 18.6 Å². The monoisotopic (exact) mass is 301 g/mol. The van der Waals surface area contributed by atoms with Gasteiger partial charge in [0.05, 0.1) is 0 Å². The van der Waals surface area contributed by atoms with Crippen molar-refractivity contribution in [2.45, 2.75) is 71.1 Å². The molecule has 0 aliphatic carbocycles. The van der Waals surface area contributed by atoms with E-state index < -0.39 is 0 Å². The van der Waals surface area contributed by atoms with E-state index in [-0.39, 0.29) is 0 Å². The molecular weight excluding hydrogens is 270 g/mol. The fourth-order valence-electron chi connectivity index (χ4n) is 2.35. The minimum absolute atomic E-state index is 1.11. The van der Waals surface area contributed by atoms with E-state index in [0.29, 0.717) is 0 Å². The van der Waals surface area contributed by atoms with Gasteiger partial charge in [-0.3, -0.25) is 4.98 Å². The van der Waals surface area contributed by atoms with Gasteiger partial charge < -0.3 is 4.98 Å². The Labute approximate surface area is 135 Å². The highest BCUT2D eigenvalue weighted by Crippen LogP contribution is 2.10. The van der Waals surface area contributed by atoms with Crippen molar-refractivity contribution in [1.29, 1.82) is 0 Å². The number of unbranched alkanes of at least 4 members (excludes halogenated alkanes) is 8. The first kappa shape index (κ1) is 18.4. The van der Waals surface area contributed by atoms with Crippen LogP contribution in [0, 0.1) is 0 Å². The molecule has 0 bridgehead atoms. The van der Waals surface area contributed by atoms with Crippen LogP contribution in [-0.4, -0.2) is 15.0 Å². The van der Waals surface area contributed by atoms with E-state index in [1.807, 2.05) is 30.6 Å². The Morgan fingerprint density at radius 1 is 0.773 bits per heavy atom. The second kappa shape index (κ2) is 14.3. The van der Waals surface area contributed by atoms with Gasteiger partial charge in [-0.2, -0.15) is 0 Å². The lowest BCUT2D eigenvalue weighted by atomic mass is 10.1. The number of nitrogens with one attached hydrogen (secondary N) is 1. The first-order valence-corrected chi connectivity index (χ1v) is 8.76. The first-order chi connectivity index (χ1) is 10.9. The van der Waals surface area contributed by atoms with Gasteiger partial charge in [-0.25, -0.2) is 4.98 Å². The number of rotatable bonds is 10. The van der Waals surface area contributed by atoms with Crippen molar-refractivity contribution >= 4 is 0 Å². The van der Waals surface area contributed by atoms with Gasteiger partial charge >= 0.3 is 0 Å². The zero-order chi connectivity index (χ0) is 15.7. The highest BCUT2D eigenvalue weighted by atomic mass is 14.9. The Kier molecular flexibility index (Phi) is 12.0. The number of imidazole rings is 1. The van der Waals surface area contributed by atoms with Crippen LogP contribution in [-0.2, 0) is 6.42 Å². The molecule has 0 atom stereocenters. The minimum atomic E-state index is 1.11. The van der Waals surface area contributed by atoms with Crippen LogP contribution in [0.5, 0.6) is 0 Å². The zero-order valence-electron chi connectivity index (χ0n) is 14.0. The summed E-state index contributed by atoms with van der Waals surface area (Å²) < 4.78 is 0. The molecular formula is C19H31N3. The molecule has 22 heavy (non-hydrogen) atoms. The molecule has 0 radical (unpaired) electrons. The lowest BCUT2D eigenvalue weighted by Gasteiger charge is -2.01. The topological polar surface area (TPSA) is 41.6 Å². The van der Waals surface area contributed by atoms with Crippen LogP contribution in [0.25, 0.3) is 0 Å². The average molecular weight is 301 g/mol. The zero-order valence-corrected chi connectivity index (χ0v) is 14.0. The lowest BCUT2D eigenvalue weighted by molar-refractivity contribution is 0.562. The summed E-state index contributed by atoms with van der Waals surface area (Å²) in [5, 5.41) is 0. The summed E-state index contributed by atoms with van der Waals surface area (Å²) in [6.45, 7) is 2.27. The van der Waals surface area contributed by atoms with Crippen molar-refractivity contribution in [2.75, 3.05) is 0 Å². The molecule has 2 heterocycles. The maximum absolute atomic E-state index is 4.23. The smallest absolute Gasteiger partial charge is 0.105 e. The SMILES string of the molecule is CCCCCCCCCCCc1ncc[nH]1.c1ccncc1. The maximum atomic E-state index is 4.23. The number of pyridine rings is 1. The van der Waals surface area contributed by atoms with Crippen LogP contribution in [0.3, 0.4) is 0 Å². The Balaban J connectivity index is 0.000000335. The van der Waals surface area contributed by atoms with E-state index >= 15 is 0 Å². The van der Waals surface area contributed by atoms with E-state index in [4.69, 9.17) is 0 Å². The number of nitrogens with zero attached hydrogens (tertiary/aromatic N) is 2. The molecule has 2 aromatic heterocycles. The van der Waals surface area contributed by atoms with Crippen molar-refractivity contribution in [1.82, 2.24) is 15.0 Å². The number of aromatic amines is 1. The molecule has 0 fully saturated rings. The molecule has 0 amide bonds. The van der Waals surface area contributed by atoms with Crippen molar-refractivity contribution in [3.8, 4) is 0 Å². The van der Waals surface area contributed by atoms with Crippen molar-refractivity contribution < 1.29 is 0 Å². The maximum Gasteiger partial charge on any atom is 0.105 e. The first-order valence-electron chi connectivity index (χ1n) is 8.76.